The third kappa shape index (κ3) is 5.09. The maximum Gasteiger partial charge on any atom is 0.326 e. The maximum atomic E-state index is 12.8. The molecule has 1 atom stereocenters. The standard InChI is InChI=1S/C20H27N3O5/c1-13(2)9-10-21-16(24)12-28-17(25)11-23-18(26)20(4,22-19(23)27)15-7-5-14(3)6-8-15/h5-8,13H,9-12H2,1-4H3,(H,21,24)(H,22,27)/t20-/m1/s1. The van der Waals surface area contributed by atoms with Crippen LogP contribution in [0.3, 0.4) is 0 Å². The van der Waals surface area contributed by atoms with E-state index in [1.54, 1.807) is 19.1 Å². The monoisotopic (exact) mass is 389 g/mol. The van der Waals surface area contributed by atoms with Gasteiger partial charge in [0.1, 0.15) is 12.1 Å². The molecule has 1 fully saturated rings. The van der Waals surface area contributed by atoms with Crippen LogP contribution in [0.2, 0.25) is 0 Å². The lowest BCUT2D eigenvalue weighted by molar-refractivity contribution is -0.151. The zero-order valence-electron chi connectivity index (χ0n) is 16.7. The number of benzene rings is 1. The molecule has 0 radical (unpaired) electrons. The van der Waals surface area contributed by atoms with Gasteiger partial charge in [-0.05, 0) is 31.7 Å². The van der Waals surface area contributed by atoms with Crippen LogP contribution in [0.4, 0.5) is 4.79 Å². The minimum Gasteiger partial charge on any atom is -0.454 e. The van der Waals surface area contributed by atoms with E-state index < -0.39 is 42.5 Å². The van der Waals surface area contributed by atoms with E-state index in [-0.39, 0.29) is 0 Å². The van der Waals surface area contributed by atoms with Crippen LogP contribution in [0, 0.1) is 12.8 Å². The summed E-state index contributed by atoms with van der Waals surface area (Å²) in [5, 5.41) is 5.27. The Kier molecular flexibility index (Phi) is 6.77. The molecule has 1 aromatic carbocycles. The molecule has 1 saturated heterocycles. The molecule has 4 amide bonds. The van der Waals surface area contributed by atoms with Crippen LogP contribution in [-0.4, -0.2) is 48.4 Å². The molecule has 152 valence electrons. The fourth-order valence-corrected chi connectivity index (χ4v) is 2.80. The third-order valence-corrected chi connectivity index (χ3v) is 4.60. The molecule has 1 aliphatic rings. The number of nitrogens with one attached hydrogen (secondary N) is 2. The van der Waals surface area contributed by atoms with Crippen LogP contribution in [0.1, 0.15) is 38.3 Å². The lowest BCUT2D eigenvalue weighted by Gasteiger charge is -2.22. The number of imide groups is 1. The highest BCUT2D eigenvalue weighted by molar-refractivity contribution is 6.08. The first kappa shape index (κ1) is 21.4. The molecule has 0 aliphatic carbocycles. The highest BCUT2D eigenvalue weighted by atomic mass is 16.5. The van der Waals surface area contributed by atoms with E-state index in [1.165, 1.54) is 0 Å². The van der Waals surface area contributed by atoms with Gasteiger partial charge in [0.25, 0.3) is 11.8 Å². The summed E-state index contributed by atoms with van der Waals surface area (Å²) in [6, 6.07) is 6.53. The molecule has 8 heteroatoms. The van der Waals surface area contributed by atoms with Crippen molar-refractivity contribution in [2.45, 2.75) is 39.7 Å². The van der Waals surface area contributed by atoms with Crippen LogP contribution in [-0.2, 0) is 24.7 Å². The quantitative estimate of drug-likeness (QED) is 0.517. The number of hydrogen-bond donors (Lipinski definition) is 2. The molecule has 2 N–H and O–H groups in total. The predicted octanol–water partition coefficient (Wildman–Crippen LogP) is 1.47. The number of urea groups is 1. The van der Waals surface area contributed by atoms with Gasteiger partial charge in [0.2, 0.25) is 0 Å². The maximum absolute atomic E-state index is 12.8. The van der Waals surface area contributed by atoms with Gasteiger partial charge in [-0.25, -0.2) is 4.79 Å². The van der Waals surface area contributed by atoms with E-state index in [0.717, 1.165) is 16.9 Å². The summed E-state index contributed by atoms with van der Waals surface area (Å²) in [7, 11) is 0. The molecular weight excluding hydrogens is 362 g/mol. The van der Waals surface area contributed by atoms with Crippen molar-refractivity contribution in [1.82, 2.24) is 15.5 Å². The molecule has 1 aromatic rings. The van der Waals surface area contributed by atoms with Crippen molar-refractivity contribution in [2.75, 3.05) is 19.7 Å². The summed E-state index contributed by atoms with van der Waals surface area (Å²) in [6.45, 7) is 7.08. The zero-order chi connectivity index (χ0) is 20.9. The van der Waals surface area contributed by atoms with Gasteiger partial charge in [0.05, 0.1) is 0 Å². The number of ether oxygens (including phenoxy) is 1. The van der Waals surface area contributed by atoms with Gasteiger partial charge >= 0.3 is 12.0 Å². The minimum atomic E-state index is -1.25. The van der Waals surface area contributed by atoms with Crippen molar-refractivity contribution >= 4 is 23.8 Å². The van der Waals surface area contributed by atoms with E-state index in [0.29, 0.717) is 18.0 Å². The fraction of sp³-hybridized carbons (Fsp3) is 0.500. The molecule has 1 aliphatic heterocycles. The molecule has 0 bridgehead atoms. The summed E-state index contributed by atoms with van der Waals surface area (Å²) in [6.07, 6.45) is 0.819. The summed E-state index contributed by atoms with van der Waals surface area (Å²) in [5.41, 5.74) is 0.396. The largest absolute Gasteiger partial charge is 0.454 e. The first-order chi connectivity index (χ1) is 13.1. The van der Waals surface area contributed by atoms with Crippen molar-refractivity contribution in [1.29, 1.82) is 0 Å². The molecule has 2 rings (SSSR count). The van der Waals surface area contributed by atoms with Gasteiger partial charge in [0, 0.05) is 6.54 Å². The summed E-state index contributed by atoms with van der Waals surface area (Å²) in [4.78, 5) is 49.4. The summed E-state index contributed by atoms with van der Waals surface area (Å²) >= 11 is 0. The van der Waals surface area contributed by atoms with Gasteiger partial charge in [-0.3, -0.25) is 19.3 Å². The number of aryl methyl sites for hydroxylation is 1. The van der Waals surface area contributed by atoms with Crippen LogP contribution in [0.15, 0.2) is 24.3 Å². The topological polar surface area (TPSA) is 105 Å². The molecule has 8 nitrogen and oxygen atoms in total. The molecule has 28 heavy (non-hydrogen) atoms. The van der Waals surface area contributed by atoms with E-state index in [2.05, 4.69) is 10.6 Å². The molecular formula is C20H27N3O5. The summed E-state index contributed by atoms with van der Waals surface area (Å²) < 4.78 is 4.88. The van der Waals surface area contributed by atoms with Crippen LogP contribution < -0.4 is 10.6 Å². The van der Waals surface area contributed by atoms with Crippen molar-refractivity contribution in [2.24, 2.45) is 5.92 Å². The normalized spacial score (nSPS) is 19.0. The molecule has 1 heterocycles. The van der Waals surface area contributed by atoms with E-state index >= 15 is 0 Å². The Morgan fingerprint density at radius 2 is 1.86 bits per heavy atom. The smallest absolute Gasteiger partial charge is 0.326 e. The van der Waals surface area contributed by atoms with Crippen LogP contribution in [0.25, 0.3) is 0 Å². The van der Waals surface area contributed by atoms with Crippen molar-refractivity contribution in [3.63, 3.8) is 0 Å². The fourth-order valence-electron chi connectivity index (χ4n) is 2.80. The van der Waals surface area contributed by atoms with Crippen molar-refractivity contribution in [3.8, 4) is 0 Å². The number of hydrogen-bond acceptors (Lipinski definition) is 5. The lowest BCUT2D eigenvalue weighted by atomic mass is 9.91. The lowest BCUT2D eigenvalue weighted by Crippen LogP contribution is -2.42. The van der Waals surface area contributed by atoms with E-state index in [9.17, 15) is 19.2 Å². The van der Waals surface area contributed by atoms with Crippen LogP contribution in [0.5, 0.6) is 0 Å². The first-order valence-electron chi connectivity index (χ1n) is 9.27. The number of rotatable bonds is 8. The van der Waals surface area contributed by atoms with Crippen LogP contribution >= 0.6 is 0 Å². The Morgan fingerprint density at radius 3 is 2.46 bits per heavy atom. The highest BCUT2D eigenvalue weighted by Crippen LogP contribution is 2.28. The van der Waals surface area contributed by atoms with Gasteiger partial charge in [-0.2, -0.15) is 0 Å². The number of esters is 1. The average molecular weight is 389 g/mol. The first-order valence-corrected chi connectivity index (χ1v) is 9.27. The highest BCUT2D eigenvalue weighted by Gasteiger charge is 2.49. The van der Waals surface area contributed by atoms with Gasteiger partial charge in [-0.15, -0.1) is 0 Å². The van der Waals surface area contributed by atoms with Gasteiger partial charge < -0.3 is 15.4 Å². The second-order valence-corrected chi connectivity index (χ2v) is 7.51. The predicted molar refractivity (Wildman–Crippen MR) is 102 cm³/mol. The van der Waals surface area contributed by atoms with Crippen molar-refractivity contribution < 1.29 is 23.9 Å². The Hall–Kier alpha value is -2.90. The van der Waals surface area contributed by atoms with E-state index in [1.807, 2.05) is 32.9 Å². The van der Waals surface area contributed by atoms with E-state index in [4.69, 9.17) is 4.74 Å². The second-order valence-electron chi connectivity index (χ2n) is 7.51. The molecule has 0 saturated carbocycles. The Labute approximate surface area is 164 Å². The number of nitrogens with zero attached hydrogens (tertiary/aromatic N) is 1. The number of amides is 4. The Bertz CT molecular complexity index is 760. The van der Waals surface area contributed by atoms with Gasteiger partial charge in [0.15, 0.2) is 6.61 Å². The Balaban J connectivity index is 1.90. The number of carbonyl (C=O) groups excluding carboxylic acids is 4. The third-order valence-electron chi connectivity index (χ3n) is 4.60. The average Bonchev–Trinajstić information content (AvgIpc) is 2.84. The molecule has 0 spiro atoms. The molecule has 0 unspecified atom stereocenters. The minimum absolute atomic E-state index is 0.421. The summed E-state index contributed by atoms with van der Waals surface area (Å²) in [5.74, 6) is -1.34. The van der Waals surface area contributed by atoms with Crippen molar-refractivity contribution in [3.05, 3.63) is 35.4 Å². The molecule has 0 aromatic heterocycles. The number of carbonyl (C=O) groups is 4. The second kappa shape index (κ2) is 8.86. The van der Waals surface area contributed by atoms with Gasteiger partial charge in [-0.1, -0.05) is 43.7 Å². The zero-order valence-corrected chi connectivity index (χ0v) is 16.7. The SMILES string of the molecule is Cc1ccc([C@@]2(C)NC(=O)N(CC(=O)OCC(=O)NCCC(C)C)C2=O)cc1. The Morgan fingerprint density at radius 1 is 1.21 bits per heavy atom.